The molecule has 0 aromatic heterocycles. The molecule has 0 aliphatic carbocycles. The van der Waals surface area contributed by atoms with E-state index in [1.165, 1.54) is 16.7 Å². The lowest BCUT2D eigenvalue weighted by molar-refractivity contribution is 0.715. The molecule has 3 aromatic rings. The monoisotopic (exact) mass is 302 g/mol. The van der Waals surface area contributed by atoms with E-state index in [0.717, 1.165) is 24.2 Å². The molecule has 0 aliphatic heterocycles. The molecule has 0 fully saturated rings. The normalized spacial score (nSPS) is 10.8. The third kappa shape index (κ3) is 3.92. The number of rotatable bonds is 5. The Bertz CT molecular complexity index is 686. The van der Waals surface area contributed by atoms with E-state index in [2.05, 4.69) is 54.6 Å². The summed E-state index contributed by atoms with van der Waals surface area (Å²) in [7, 11) is 0. The van der Waals surface area contributed by atoms with Crippen molar-refractivity contribution >= 4 is 11.4 Å². The summed E-state index contributed by atoms with van der Waals surface area (Å²) in [5.41, 5.74) is 17.2. The summed E-state index contributed by atoms with van der Waals surface area (Å²) in [6.45, 7) is 0. The highest BCUT2D eigenvalue weighted by Gasteiger charge is 2.14. The molecule has 0 heterocycles. The number of nitrogens with two attached hydrogens (primary N) is 2. The average molecular weight is 302 g/mol. The largest absolute Gasteiger partial charge is 0.399 e. The molecule has 0 unspecified atom stereocenters. The van der Waals surface area contributed by atoms with E-state index < -0.39 is 0 Å². The minimum Gasteiger partial charge on any atom is -0.399 e. The van der Waals surface area contributed by atoms with Gasteiger partial charge in [-0.2, -0.15) is 0 Å². The summed E-state index contributed by atoms with van der Waals surface area (Å²) < 4.78 is 0. The first kappa shape index (κ1) is 15.2. The van der Waals surface area contributed by atoms with Crippen molar-refractivity contribution in [2.45, 2.75) is 18.8 Å². The molecule has 0 atom stereocenters. The van der Waals surface area contributed by atoms with Gasteiger partial charge in [0.2, 0.25) is 0 Å². The third-order valence-corrected chi connectivity index (χ3v) is 4.24. The van der Waals surface area contributed by atoms with Crippen LogP contribution in [0.4, 0.5) is 11.4 Å². The molecule has 3 aromatic carbocycles. The summed E-state index contributed by atoms with van der Waals surface area (Å²) in [5, 5.41) is 0. The molecule has 2 heteroatoms. The Morgan fingerprint density at radius 3 is 1.57 bits per heavy atom. The van der Waals surface area contributed by atoms with Crippen LogP contribution in [0.3, 0.4) is 0 Å². The van der Waals surface area contributed by atoms with Gasteiger partial charge < -0.3 is 11.5 Å². The Labute approximate surface area is 137 Å². The Kier molecular flexibility index (Phi) is 4.62. The predicted molar refractivity (Wildman–Crippen MR) is 98.3 cm³/mol. The van der Waals surface area contributed by atoms with Crippen molar-refractivity contribution in [1.82, 2.24) is 0 Å². The Balaban J connectivity index is 1.86. The van der Waals surface area contributed by atoms with Gasteiger partial charge >= 0.3 is 0 Å². The van der Waals surface area contributed by atoms with Crippen molar-refractivity contribution in [3.8, 4) is 0 Å². The zero-order chi connectivity index (χ0) is 16.1. The van der Waals surface area contributed by atoms with E-state index in [-0.39, 0.29) is 0 Å². The summed E-state index contributed by atoms with van der Waals surface area (Å²) in [4.78, 5) is 0. The first-order valence-electron chi connectivity index (χ1n) is 7.97. The van der Waals surface area contributed by atoms with Crippen molar-refractivity contribution in [3.05, 3.63) is 95.6 Å². The molecular formula is C21H22N2. The van der Waals surface area contributed by atoms with Crippen molar-refractivity contribution in [3.63, 3.8) is 0 Å². The van der Waals surface area contributed by atoms with Gasteiger partial charge in [0.05, 0.1) is 0 Å². The molecule has 23 heavy (non-hydrogen) atoms. The second-order valence-electron chi connectivity index (χ2n) is 5.91. The summed E-state index contributed by atoms with van der Waals surface area (Å²) >= 11 is 0. The van der Waals surface area contributed by atoms with Crippen molar-refractivity contribution in [2.24, 2.45) is 0 Å². The second-order valence-corrected chi connectivity index (χ2v) is 5.91. The number of nitrogen functional groups attached to an aromatic ring is 2. The zero-order valence-corrected chi connectivity index (χ0v) is 13.2. The van der Waals surface area contributed by atoms with Crippen molar-refractivity contribution in [1.29, 1.82) is 0 Å². The first-order chi connectivity index (χ1) is 11.2. The van der Waals surface area contributed by atoms with Crippen LogP contribution in [0.15, 0.2) is 78.9 Å². The van der Waals surface area contributed by atoms with Gasteiger partial charge in [0.15, 0.2) is 0 Å². The Morgan fingerprint density at radius 1 is 0.609 bits per heavy atom. The van der Waals surface area contributed by atoms with Gasteiger partial charge in [-0.1, -0.05) is 54.6 Å². The Hall–Kier alpha value is -2.74. The maximum atomic E-state index is 5.83. The number of benzene rings is 3. The molecule has 4 N–H and O–H groups in total. The topological polar surface area (TPSA) is 52.0 Å². The highest BCUT2D eigenvalue weighted by Crippen LogP contribution is 2.30. The van der Waals surface area contributed by atoms with Gasteiger partial charge in [-0.15, -0.1) is 0 Å². The fourth-order valence-electron chi connectivity index (χ4n) is 2.94. The van der Waals surface area contributed by atoms with Crippen LogP contribution in [0.2, 0.25) is 0 Å². The van der Waals surface area contributed by atoms with Gasteiger partial charge in [0, 0.05) is 17.3 Å². The summed E-state index contributed by atoms with van der Waals surface area (Å²) in [6, 6.07) is 27.0. The minimum absolute atomic E-state index is 0.344. The molecule has 116 valence electrons. The van der Waals surface area contributed by atoms with E-state index in [0.29, 0.717) is 5.92 Å². The highest BCUT2D eigenvalue weighted by atomic mass is 14.5. The maximum absolute atomic E-state index is 5.83. The predicted octanol–water partition coefficient (Wildman–Crippen LogP) is 4.62. The van der Waals surface area contributed by atoms with Gasteiger partial charge in [0.25, 0.3) is 0 Å². The Morgan fingerprint density at radius 2 is 1.09 bits per heavy atom. The van der Waals surface area contributed by atoms with Crippen LogP contribution < -0.4 is 11.5 Å². The van der Waals surface area contributed by atoms with Crippen LogP contribution in [-0.4, -0.2) is 0 Å². The SMILES string of the molecule is Nc1ccc(C(CCc2ccccc2)c2ccc(N)cc2)cc1. The molecule has 0 bridgehead atoms. The van der Waals surface area contributed by atoms with Gasteiger partial charge in [-0.05, 0) is 53.8 Å². The quantitative estimate of drug-likeness (QED) is 0.676. The van der Waals surface area contributed by atoms with Crippen LogP contribution in [0, 0.1) is 0 Å². The first-order valence-corrected chi connectivity index (χ1v) is 7.97. The van der Waals surface area contributed by atoms with Gasteiger partial charge in [-0.25, -0.2) is 0 Å². The molecule has 2 nitrogen and oxygen atoms in total. The zero-order valence-electron chi connectivity index (χ0n) is 13.2. The van der Waals surface area contributed by atoms with E-state index in [1.54, 1.807) is 0 Å². The summed E-state index contributed by atoms with van der Waals surface area (Å²) in [6.07, 6.45) is 2.10. The molecule has 0 spiro atoms. The molecule has 0 saturated carbocycles. The standard InChI is InChI=1S/C21H22N2/c22-19-11-7-17(8-12-19)21(18-9-13-20(23)14-10-18)15-6-16-4-2-1-3-5-16/h1-5,7-14,21H,6,15,22-23H2. The molecule has 0 saturated heterocycles. The molecule has 0 amide bonds. The molecule has 3 rings (SSSR count). The minimum atomic E-state index is 0.344. The van der Waals surface area contributed by atoms with Crippen LogP contribution >= 0.6 is 0 Å². The number of hydrogen-bond acceptors (Lipinski definition) is 2. The van der Waals surface area contributed by atoms with E-state index >= 15 is 0 Å². The fraction of sp³-hybridized carbons (Fsp3) is 0.143. The lowest BCUT2D eigenvalue weighted by atomic mass is 9.86. The third-order valence-electron chi connectivity index (χ3n) is 4.24. The lowest BCUT2D eigenvalue weighted by Crippen LogP contribution is -2.04. The molecule has 0 radical (unpaired) electrons. The van der Waals surface area contributed by atoms with Gasteiger partial charge in [-0.3, -0.25) is 0 Å². The van der Waals surface area contributed by atoms with Gasteiger partial charge in [0.1, 0.15) is 0 Å². The van der Waals surface area contributed by atoms with E-state index in [1.807, 2.05) is 24.3 Å². The number of hydrogen-bond donors (Lipinski definition) is 2. The number of aryl methyl sites for hydroxylation is 1. The number of anilines is 2. The highest BCUT2D eigenvalue weighted by molar-refractivity contribution is 5.45. The summed E-state index contributed by atoms with van der Waals surface area (Å²) in [5.74, 6) is 0.344. The average Bonchev–Trinajstić information content (AvgIpc) is 2.59. The second kappa shape index (κ2) is 7.01. The maximum Gasteiger partial charge on any atom is 0.0314 e. The van der Waals surface area contributed by atoms with E-state index in [9.17, 15) is 0 Å². The van der Waals surface area contributed by atoms with E-state index in [4.69, 9.17) is 11.5 Å². The van der Waals surface area contributed by atoms with Crippen LogP contribution in [0.25, 0.3) is 0 Å². The molecular weight excluding hydrogens is 280 g/mol. The fourth-order valence-corrected chi connectivity index (χ4v) is 2.94. The smallest absolute Gasteiger partial charge is 0.0314 e. The van der Waals surface area contributed by atoms with Crippen molar-refractivity contribution < 1.29 is 0 Å². The van der Waals surface area contributed by atoms with Crippen LogP contribution in [0.5, 0.6) is 0 Å². The molecule has 0 aliphatic rings. The van der Waals surface area contributed by atoms with Crippen LogP contribution in [-0.2, 0) is 6.42 Å². The van der Waals surface area contributed by atoms with Crippen molar-refractivity contribution in [2.75, 3.05) is 11.5 Å². The lowest BCUT2D eigenvalue weighted by Gasteiger charge is -2.19. The van der Waals surface area contributed by atoms with Crippen LogP contribution in [0.1, 0.15) is 29.0 Å².